The van der Waals surface area contributed by atoms with Gasteiger partial charge in [-0.25, -0.2) is 15.1 Å². The van der Waals surface area contributed by atoms with Crippen LogP contribution in [0.5, 0.6) is 0 Å². The number of ether oxygens (including phenoxy) is 1. The molecule has 5 rings (SSSR count). The lowest BCUT2D eigenvalue weighted by molar-refractivity contribution is 0.0500. The van der Waals surface area contributed by atoms with Gasteiger partial charge in [-0.05, 0) is 45.2 Å². The zero-order valence-corrected chi connectivity index (χ0v) is 23.9. The summed E-state index contributed by atoms with van der Waals surface area (Å²) < 4.78 is 9.95. The number of aromatic nitrogens is 3. The largest absolute Gasteiger partial charge is 0.444 e. The van der Waals surface area contributed by atoms with Crippen LogP contribution in [0.2, 0.25) is 5.02 Å². The molecule has 4 heterocycles. The van der Waals surface area contributed by atoms with Gasteiger partial charge < -0.3 is 19.5 Å². The van der Waals surface area contributed by atoms with Crippen LogP contribution in [0.25, 0.3) is 11.0 Å². The molecule has 0 aliphatic carbocycles. The number of benzene rings is 1. The second-order valence-electron chi connectivity index (χ2n) is 11.0. The van der Waals surface area contributed by atoms with Crippen molar-refractivity contribution in [2.24, 2.45) is 19.2 Å². The monoisotopic (exact) mass is 571 g/mol. The van der Waals surface area contributed by atoms with Crippen LogP contribution in [0.3, 0.4) is 0 Å². The Morgan fingerprint density at radius 1 is 1.18 bits per heavy atom. The molecule has 3 aromatic rings. The standard InChI is InChI=1S/C26H34ClN9O4/c1-26(2,3)40-24(38)28-16-10-8-12-35(14-16)22-18(21-29-31-32-30-21)19-20(23(37)34(5)25(39)33(19)4)36(22)13-15-9-6-7-11-17(15)27/h6-7,9,11,16,31-32H,8,10,12-14H2,1-5H3,(H,28,38)(H,29,30)/t16-/m1/s1. The van der Waals surface area contributed by atoms with Gasteiger partial charge >= 0.3 is 11.8 Å². The van der Waals surface area contributed by atoms with Gasteiger partial charge in [0.15, 0.2) is 5.84 Å². The predicted octanol–water partition coefficient (Wildman–Crippen LogP) is 1.51. The van der Waals surface area contributed by atoms with E-state index in [1.54, 1.807) is 13.1 Å². The lowest BCUT2D eigenvalue weighted by Crippen LogP contribution is -2.50. The number of amides is 1. The lowest BCUT2D eigenvalue weighted by atomic mass is 10.0. The molecule has 40 heavy (non-hydrogen) atoms. The minimum absolute atomic E-state index is 0.204. The molecule has 2 aromatic heterocycles. The van der Waals surface area contributed by atoms with Crippen LogP contribution in [0, 0.1) is 0 Å². The average Bonchev–Trinajstić information content (AvgIpc) is 3.53. The molecule has 214 valence electrons. The average molecular weight is 572 g/mol. The molecule has 1 amide bonds. The zero-order valence-electron chi connectivity index (χ0n) is 23.2. The summed E-state index contributed by atoms with van der Waals surface area (Å²) in [6.07, 6.45) is 1.06. The normalized spacial score (nSPS) is 17.4. The smallest absolute Gasteiger partial charge is 0.407 e. The first-order valence-electron chi connectivity index (χ1n) is 13.1. The Balaban J connectivity index is 1.71. The van der Waals surface area contributed by atoms with Gasteiger partial charge in [-0.15, -0.1) is 10.6 Å². The number of hydrazone groups is 1. The highest BCUT2D eigenvalue weighted by molar-refractivity contribution is 6.31. The fourth-order valence-corrected chi connectivity index (χ4v) is 5.47. The molecule has 14 heteroatoms. The molecular weight excluding hydrogens is 538 g/mol. The molecule has 1 aromatic carbocycles. The molecule has 0 spiro atoms. The third-order valence-electron chi connectivity index (χ3n) is 7.00. The maximum Gasteiger partial charge on any atom is 0.407 e. The van der Waals surface area contributed by atoms with E-state index in [0.717, 1.165) is 23.0 Å². The molecule has 2 aliphatic rings. The van der Waals surface area contributed by atoms with Crippen LogP contribution in [0.1, 0.15) is 44.7 Å². The van der Waals surface area contributed by atoms with Crippen molar-refractivity contribution < 1.29 is 9.53 Å². The minimum atomic E-state index is -0.621. The maximum absolute atomic E-state index is 13.7. The van der Waals surface area contributed by atoms with Crippen molar-refractivity contribution in [3.63, 3.8) is 0 Å². The summed E-state index contributed by atoms with van der Waals surface area (Å²) in [5.41, 5.74) is 9.09. The van der Waals surface area contributed by atoms with E-state index < -0.39 is 22.9 Å². The number of hydrazine groups is 2. The number of carbonyl (C=O) groups is 1. The molecule has 1 fully saturated rings. The Kier molecular flexibility index (Phi) is 7.27. The maximum atomic E-state index is 13.7. The van der Waals surface area contributed by atoms with E-state index in [2.05, 4.69) is 31.8 Å². The number of hydrogen-bond acceptors (Lipinski definition) is 9. The summed E-state index contributed by atoms with van der Waals surface area (Å²) in [4.78, 5) is 41.5. The van der Waals surface area contributed by atoms with Crippen molar-refractivity contribution in [2.45, 2.75) is 51.8 Å². The fraction of sp³-hybridized carbons (Fsp3) is 0.462. The zero-order chi connectivity index (χ0) is 28.8. The number of rotatable bonds is 5. The van der Waals surface area contributed by atoms with Crippen LogP contribution in [0.15, 0.2) is 39.0 Å². The first-order chi connectivity index (χ1) is 19.0. The Morgan fingerprint density at radius 3 is 2.60 bits per heavy atom. The molecule has 0 bridgehead atoms. The number of nitrogens with one attached hydrogen (secondary N) is 4. The fourth-order valence-electron chi connectivity index (χ4n) is 5.28. The molecule has 0 radical (unpaired) electrons. The van der Waals surface area contributed by atoms with Crippen molar-refractivity contribution in [3.05, 3.63) is 61.3 Å². The number of amidine groups is 1. The van der Waals surface area contributed by atoms with Gasteiger partial charge in [0.05, 0.1) is 17.6 Å². The predicted molar refractivity (Wildman–Crippen MR) is 154 cm³/mol. The first-order valence-corrected chi connectivity index (χ1v) is 13.5. The Hall–Kier alpha value is -3.97. The molecule has 1 saturated heterocycles. The van der Waals surface area contributed by atoms with Gasteiger partial charge in [-0.3, -0.25) is 19.4 Å². The highest BCUT2D eigenvalue weighted by Gasteiger charge is 2.34. The Labute approximate surface area is 235 Å². The van der Waals surface area contributed by atoms with E-state index in [1.807, 2.05) is 43.5 Å². The van der Waals surface area contributed by atoms with Crippen molar-refractivity contribution in [3.8, 4) is 0 Å². The summed E-state index contributed by atoms with van der Waals surface area (Å²) in [5.74, 6) is 1.10. The summed E-state index contributed by atoms with van der Waals surface area (Å²) in [6, 6.07) is 7.24. The SMILES string of the molecule is Cn1c(=O)c2c(c(C3=NNNN3)c(N3CCC[C@@H](NC(=O)OC(C)(C)C)C3)n2Cc2ccccc2Cl)n(C)c1=O. The number of alkyl carbamates (subject to hydrolysis) is 1. The number of anilines is 1. The quantitative estimate of drug-likeness (QED) is 0.361. The second kappa shape index (κ2) is 10.5. The topological polar surface area (TPSA) is 139 Å². The number of piperidine rings is 1. The van der Waals surface area contributed by atoms with E-state index in [0.29, 0.717) is 46.4 Å². The molecule has 13 nitrogen and oxygen atoms in total. The van der Waals surface area contributed by atoms with Crippen LogP contribution in [-0.4, -0.2) is 50.4 Å². The number of carbonyl (C=O) groups excluding carboxylic acids is 1. The summed E-state index contributed by atoms with van der Waals surface area (Å²) in [7, 11) is 3.10. The van der Waals surface area contributed by atoms with Gasteiger partial charge in [0.25, 0.3) is 5.56 Å². The van der Waals surface area contributed by atoms with Crippen LogP contribution in [-0.2, 0) is 25.4 Å². The molecule has 2 aliphatic heterocycles. The van der Waals surface area contributed by atoms with Crippen molar-refractivity contribution >= 4 is 40.4 Å². The summed E-state index contributed by atoms with van der Waals surface area (Å²) in [5, 5.41) is 7.89. The molecular formula is C26H34ClN9O4. The molecule has 4 N–H and O–H groups in total. The number of nitrogens with zero attached hydrogens (tertiary/aromatic N) is 5. The van der Waals surface area contributed by atoms with Crippen LogP contribution < -0.4 is 38.0 Å². The Bertz CT molecular complexity index is 1620. The van der Waals surface area contributed by atoms with Crippen molar-refractivity contribution in [1.82, 2.24) is 35.5 Å². The number of halogens is 1. The van der Waals surface area contributed by atoms with Crippen LogP contribution in [0.4, 0.5) is 10.6 Å². The number of fused-ring (bicyclic) bond motifs is 1. The summed E-state index contributed by atoms with van der Waals surface area (Å²) in [6.45, 7) is 6.84. The number of hydrogen-bond donors (Lipinski definition) is 4. The van der Waals surface area contributed by atoms with E-state index in [9.17, 15) is 14.4 Å². The van der Waals surface area contributed by atoms with Crippen molar-refractivity contribution in [1.29, 1.82) is 0 Å². The van der Waals surface area contributed by atoms with Crippen molar-refractivity contribution in [2.75, 3.05) is 18.0 Å². The number of aryl methyl sites for hydroxylation is 1. The second-order valence-corrected chi connectivity index (χ2v) is 11.4. The van der Waals surface area contributed by atoms with E-state index >= 15 is 0 Å². The lowest BCUT2D eigenvalue weighted by Gasteiger charge is -2.36. The van der Waals surface area contributed by atoms with Gasteiger partial charge in [0, 0.05) is 38.2 Å². The first kappa shape index (κ1) is 27.6. The van der Waals surface area contributed by atoms with Gasteiger partial charge in [0.2, 0.25) is 0 Å². The van der Waals surface area contributed by atoms with E-state index in [-0.39, 0.29) is 12.6 Å². The van der Waals surface area contributed by atoms with E-state index in [1.165, 1.54) is 11.6 Å². The van der Waals surface area contributed by atoms with Gasteiger partial charge in [-0.1, -0.05) is 29.8 Å². The molecule has 0 unspecified atom stereocenters. The molecule has 0 saturated carbocycles. The van der Waals surface area contributed by atoms with Crippen LogP contribution >= 0.6 is 11.6 Å². The Morgan fingerprint density at radius 2 is 1.93 bits per heavy atom. The third kappa shape index (κ3) is 5.13. The minimum Gasteiger partial charge on any atom is -0.444 e. The third-order valence-corrected chi connectivity index (χ3v) is 7.36. The molecule has 1 atom stereocenters. The highest BCUT2D eigenvalue weighted by Crippen LogP contribution is 2.34. The summed E-state index contributed by atoms with van der Waals surface area (Å²) >= 11 is 6.58. The highest BCUT2D eigenvalue weighted by atomic mass is 35.5. The van der Waals surface area contributed by atoms with Gasteiger partial charge in [-0.2, -0.15) is 0 Å². The van der Waals surface area contributed by atoms with Gasteiger partial charge in [0.1, 0.15) is 16.9 Å². The van der Waals surface area contributed by atoms with E-state index in [4.69, 9.17) is 16.3 Å².